The van der Waals surface area contributed by atoms with Gasteiger partial charge in [-0.15, -0.1) is 10.2 Å². The summed E-state index contributed by atoms with van der Waals surface area (Å²) in [6.45, 7) is 4.94. The first-order valence-corrected chi connectivity index (χ1v) is 7.78. The van der Waals surface area contributed by atoms with Crippen LogP contribution in [0.1, 0.15) is 48.5 Å². The summed E-state index contributed by atoms with van der Waals surface area (Å²) < 4.78 is 5.53. The minimum absolute atomic E-state index is 0.499. The van der Waals surface area contributed by atoms with Crippen LogP contribution in [0.5, 0.6) is 0 Å². The lowest BCUT2D eigenvalue weighted by molar-refractivity contribution is 0.0417. The van der Waals surface area contributed by atoms with Gasteiger partial charge in [-0.3, -0.25) is 0 Å². The van der Waals surface area contributed by atoms with Crippen molar-refractivity contribution in [3.63, 3.8) is 0 Å². The van der Waals surface area contributed by atoms with E-state index in [9.17, 15) is 0 Å². The van der Waals surface area contributed by atoms with Gasteiger partial charge in [0.2, 0.25) is 0 Å². The zero-order valence-electron chi connectivity index (χ0n) is 10.9. The van der Waals surface area contributed by atoms with E-state index in [0.717, 1.165) is 30.7 Å². The molecule has 1 N–H and O–H groups in total. The average molecular weight is 267 g/mol. The van der Waals surface area contributed by atoms with Crippen molar-refractivity contribution >= 4 is 11.3 Å². The predicted molar refractivity (Wildman–Crippen MR) is 71.7 cm³/mol. The quantitative estimate of drug-likeness (QED) is 0.889. The van der Waals surface area contributed by atoms with Gasteiger partial charge in [-0.1, -0.05) is 11.3 Å². The summed E-state index contributed by atoms with van der Waals surface area (Å²) in [5.74, 6) is 1.37. The third kappa shape index (κ3) is 3.08. The van der Waals surface area contributed by atoms with Crippen LogP contribution in [0.4, 0.5) is 0 Å². The van der Waals surface area contributed by atoms with Crippen LogP contribution in [0, 0.1) is 5.92 Å². The minimum atomic E-state index is 0.499. The highest BCUT2D eigenvalue weighted by Gasteiger charge is 2.27. The van der Waals surface area contributed by atoms with E-state index in [-0.39, 0.29) is 0 Å². The van der Waals surface area contributed by atoms with Gasteiger partial charge in [-0.2, -0.15) is 0 Å². The molecule has 2 fully saturated rings. The van der Waals surface area contributed by atoms with Gasteiger partial charge < -0.3 is 10.1 Å². The fourth-order valence-electron chi connectivity index (χ4n) is 2.41. The van der Waals surface area contributed by atoms with Crippen molar-refractivity contribution in [2.45, 2.75) is 51.1 Å². The summed E-state index contributed by atoms with van der Waals surface area (Å²) in [4.78, 5) is 0. The van der Waals surface area contributed by atoms with Crippen molar-refractivity contribution in [3.05, 3.63) is 10.0 Å². The van der Waals surface area contributed by atoms with E-state index in [1.807, 2.05) is 0 Å². The number of rotatable bonds is 5. The first kappa shape index (κ1) is 12.5. The maximum absolute atomic E-state index is 5.53. The molecule has 0 aromatic carbocycles. The smallest absolute Gasteiger partial charge is 0.131 e. The van der Waals surface area contributed by atoms with Gasteiger partial charge >= 0.3 is 0 Å². The van der Waals surface area contributed by atoms with Gasteiger partial charge in [0.1, 0.15) is 10.0 Å². The Hall–Kier alpha value is -0.520. The number of nitrogens with zero attached hydrogens (tertiary/aromatic N) is 2. The molecule has 2 aliphatic rings. The van der Waals surface area contributed by atoms with E-state index < -0.39 is 0 Å². The Morgan fingerprint density at radius 3 is 3.00 bits per heavy atom. The minimum Gasteiger partial charge on any atom is -0.381 e. The lowest BCUT2D eigenvalue weighted by atomic mass is 9.95. The van der Waals surface area contributed by atoms with Crippen molar-refractivity contribution in [3.8, 4) is 0 Å². The number of aromatic nitrogens is 2. The maximum Gasteiger partial charge on any atom is 0.131 e. The van der Waals surface area contributed by atoms with Crippen LogP contribution in [-0.4, -0.2) is 29.5 Å². The third-order valence-electron chi connectivity index (χ3n) is 3.89. The molecule has 0 bridgehead atoms. The van der Waals surface area contributed by atoms with Crippen molar-refractivity contribution in [2.24, 2.45) is 5.92 Å². The molecule has 0 spiro atoms. The summed E-state index contributed by atoms with van der Waals surface area (Å²) in [6.07, 6.45) is 5.08. The lowest BCUT2D eigenvalue weighted by Crippen LogP contribution is -2.37. The molecular weight excluding hydrogens is 246 g/mol. The SMILES string of the molecule is C[C@@H](NCc1nnc(C2CC2)s1)[C@H]1CCCOC1. The molecule has 1 aliphatic carbocycles. The van der Waals surface area contributed by atoms with Crippen LogP contribution >= 0.6 is 11.3 Å². The van der Waals surface area contributed by atoms with Crippen molar-refractivity contribution in [2.75, 3.05) is 13.2 Å². The molecule has 1 aliphatic heterocycles. The molecule has 0 radical (unpaired) electrons. The van der Waals surface area contributed by atoms with Gasteiger partial charge in [0.15, 0.2) is 0 Å². The summed E-state index contributed by atoms with van der Waals surface area (Å²) in [7, 11) is 0. The second kappa shape index (κ2) is 5.63. The van der Waals surface area contributed by atoms with Crippen LogP contribution in [-0.2, 0) is 11.3 Å². The Bertz CT molecular complexity index is 385. The molecule has 0 unspecified atom stereocenters. The molecular formula is C13H21N3OS. The highest BCUT2D eigenvalue weighted by atomic mass is 32.1. The third-order valence-corrected chi connectivity index (χ3v) is 4.97. The van der Waals surface area contributed by atoms with Gasteiger partial charge in [0, 0.05) is 25.1 Å². The van der Waals surface area contributed by atoms with Crippen molar-refractivity contribution < 1.29 is 4.74 Å². The second-order valence-electron chi connectivity index (χ2n) is 5.46. The molecule has 1 aromatic rings. The summed E-state index contributed by atoms with van der Waals surface area (Å²) >= 11 is 1.78. The molecule has 0 amide bonds. The Balaban J connectivity index is 1.46. The lowest BCUT2D eigenvalue weighted by Gasteiger charge is -2.28. The van der Waals surface area contributed by atoms with E-state index in [2.05, 4.69) is 22.4 Å². The van der Waals surface area contributed by atoms with Crippen LogP contribution in [0.3, 0.4) is 0 Å². The van der Waals surface area contributed by atoms with Crippen LogP contribution in [0.25, 0.3) is 0 Å². The fourth-order valence-corrected chi connectivity index (χ4v) is 3.37. The van der Waals surface area contributed by atoms with Crippen LogP contribution in [0.2, 0.25) is 0 Å². The number of nitrogens with one attached hydrogen (secondary N) is 1. The zero-order chi connectivity index (χ0) is 12.4. The molecule has 4 nitrogen and oxygen atoms in total. The normalized spacial score (nSPS) is 26.2. The molecule has 5 heteroatoms. The molecule has 18 heavy (non-hydrogen) atoms. The average Bonchev–Trinajstić information content (AvgIpc) is 3.16. The second-order valence-corrected chi connectivity index (χ2v) is 6.55. The standard InChI is InChI=1S/C13H21N3OS/c1-9(11-3-2-6-17-8-11)14-7-12-15-16-13(18-12)10-4-5-10/h9-11,14H,2-8H2,1H3/t9-,11+/m1/s1. The summed E-state index contributed by atoms with van der Waals surface area (Å²) in [6, 6.07) is 0.499. The van der Waals surface area contributed by atoms with Gasteiger partial charge in [-0.25, -0.2) is 0 Å². The van der Waals surface area contributed by atoms with E-state index in [1.54, 1.807) is 11.3 Å². The zero-order valence-corrected chi connectivity index (χ0v) is 11.7. The van der Waals surface area contributed by atoms with Gasteiger partial charge in [-0.05, 0) is 38.5 Å². The maximum atomic E-state index is 5.53. The number of hydrogen-bond donors (Lipinski definition) is 1. The molecule has 2 atom stereocenters. The van der Waals surface area contributed by atoms with Gasteiger partial charge in [0.25, 0.3) is 0 Å². The number of hydrogen-bond acceptors (Lipinski definition) is 5. The largest absolute Gasteiger partial charge is 0.381 e. The topological polar surface area (TPSA) is 47.0 Å². The molecule has 1 aromatic heterocycles. The Morgan fingerprint density at radius 1 is 1.39 bits per heavy atom. The Morgan fingerprint density at radius 2 is 2.28 bits per heavy atom. The van der Waals surface area contributed by atoms with E-state index in [4.69, 9.17) is 4.74 Å². The first-order valence-electron chi connectivity index (χ1n) is 6.96. The Kier molecular flexibility index (Phi) is 3.91. The number of ether oxygens (including phenoxy) is 1. The Labute approximate surface area is 112 Å². The fraction of sp³-hybridized carbons (Fsp3) is 0.846. The molecule has 100 valence electrons. The van der Waals surface area contributed by atoms with E-state index in [0.29, 0.717) is 12.0 Å². The summed E-state index contributed by atoms with van der Waals surface area (Å²) in [5.41, 5.74) is 0. The van der Waals surface area contributed by atoms with Crippen LogP contribution in [0.15, 0.2) is 0 Å². The van der Waals surface area contributed by atoms with Crippen molar-refractivity contribution in [1.82, 2.24) is 15.5 Å². The van der Waals surface area contributed by atoms with Crippen LogP contribution < -0.4 is 5.32 Å². The monoisotopic (exact) mass is 267 g/mol. The summed E-state index contributed by atoms with van der Waals surface area (Å²) in [5, 5.41) is 14.5. The van der Waals surface area contributed by atoms with Crippen molar-refractivity contribution in [1.29, 1.82) is 0 Å². The van der Waals surface area contributed by atoms with E-state index >= 15 is 0 Å². The van der Waals surface area contributed by atoms with E-state index in [1.165, 1.54) is 30.7 Å². The molecule has 3 rings (SSSR count). The predicted octanol–water partition coefficient (Wildman–Crippen LogP) is 2.32. The van der Waals surface area contributed by atoms with Gasteiger partial charge in [0.05, 0.1) is 6.61 Å². The molecule has 2 heterocycles. The highest BCUT2D eigenvalue weighted by Crippen LogP contribution is 2.41. The highest BCUT2D eigenvalue weighted by molar-refractivity contribution is 7.11. The molecule has 1 saturated heterocycles. The molecule has 1 saturated carbocycles. The first-order chi connectivity index (χ1) is 8.83.